The molecule has 0 aliphatic heterocycles. The van der Waals surface area contributed by atoms with Crippen molar-refractivity contribution >= 4 is 5.97 Å². The van der Waals surface area contributed by atoms with Gasteiger partial charge in [0.15, 0.2) is 0 Å². The highest BCUT2D eigenvalue weighted by Gasteiger charge is 2.05. The second-order valence-corrected chi connectivity index (χ2v) is 1.69. The van der Waals surface area contributed by atoms with Gasteiger partial charge in [0, 0.05) is 0 Å². The first-order chi connectivity index (χ1) is 4.76. The van der Waals surface area contributed by atoms with E-state index in [1.165, 1.54) is 6.08 Å². The van der Waals surface area contributed by atoms with Crippen LogP contribution in [0.5, 0.6) is 0 Å². The lowest BCUT2D eigenvalue weighted by molar-refractivity contribution is -0.138. The maximum Gasteiger partial charge on any atom is 0.336 e. The second-order valence-electron chi connectivity index (χ2n) is 1.69. The molecule has 0 fully saturated rings. The zero-order valence-corrected chi connectivity index (χ0v) is 6.26. The first-order valence-corrected chi connectivity index (χ1v) is 3.19. The van der Waals surface area contributed by atoms with Gasteiger partial charge in [0.1, 0.15) is 0 Å². The summed E-state index contributed by atoms with van der Waals surface area (Å²) in [7, 11) is 0. The molecule has 3 nitrogen and oxygen atoms in total. The van der Waals surface area contributed by atoms with Gasteiger partial charge < -0.3 is 9.84 Å². The number of hydrogen-bond donors (Lipinski definition) is 1. The van der Waals surface area contributed by atoms with Crippen molar-refractivity contribution in [1.29, 1.82) is 0 Å². The monoisotopic (exact) mass is 144 g/mol. The predicted molar refractivity (Wildman–Crippen MR) is 37.5 cm³/mol. The summed E-state index contributed by atoms with van der Waals surface area (Å²) in [6.07, 6.45) is 1.54. The minimum absolute atomic E-state index is 0.255. The molecule has 58 valence electrons. The van der Waals surface area contributed by atoms with Crippen LogP contribution in [0.2, 0.25) is 0 Å². The van der Waals surface area contributed by atoms with Crippen LogP contribution in [0.4, 0.5) is 0 Å². The average Bonchev–Trinajstić information content (AvgIpc) is 1.91. The van der Waals surface area contributed by atoms with Gasteiger partial charge in [-0.2, -0.15) is 0 Å². The Kier molecular flexibility index (Phi) is 4.58. The molecule has 0 spiro atoms. The Balaban J connectivity index is 3.91. The first-order valence-electron chi connectivity index (χ1n) is 3.19. The molecule has 0 rings (SSSR count). The third kappa shape index (κ3) is 2.64. The molecule has 0 saturated heterocycles. The van der Waals surface area contributed by atoms with Crippen LogP contribution in [0.25, 0.3) is 0 Å². The largest absolute Gasteiger partial charge is 0.463 e. The van der Waals surface area contributed by atoms with Gasteiger partial charge in [-0.1, -0.05) is 6.08 Å². The average molecular weight is 144 g/mol. The number of aliphatic hydroxyl groups is 1. The molecule has 0 aromatic rings. The molecular formula is C7H12O3. The number of rotatable bonds is 3. The molecule has 0 saturated carbocycles. The Bertz CT molecular complexity index is 138. The summed E-state index contributed by atoms with van der Waals surface area (Å²) in [4.78, 5) is 10.8. The lowest BCUT2D eigenvalue weighted by Crippen LogP contribution is -2.10. The molecule has 3 heteroatoms. The predicted octanol–water partition coefficient (Wildman–Crippen LogP) is 0.488. The molecule has 0 aliphatic rings. The summed E-state index contributed by atoms with van der Waals surface area (Å²) in [6.45, 7) is 3.50. The summed E-state index contributed by atoms with van der Waals surface area (Å²) in [6, 6.07) is 0. The van der Waals surface area contributed by atoms with E-state index in [1.54, 1.807) is 13.8 Å². The van der Waals surface area contributed by atoms with Gasteiger partial charge in [0.2, 0.25) is 0 Å². The molecule has 1 N–H and O–H groups in total. The van der Waals surface area contributed by atoms with Gasteiger partial charge >= 0.3 is 5.97 Å². The SMILES string of the molecule is C/C=C(\CO)C(=O)OCC. The number of carbonyl (C=O) groups excluding carboxylic acids is 1. The summed E-state index contributed by atoms with van der Waals surface area (Å²) in [5.74, 6) is -0.437. The van der Waals surface area contributed by atoms with Crippen molar-refractivity contribution in [2.24, 2.45) is 0 Å². The maximum atomic E-state index is 10.8. The first kappa shape index (κ1) is 9.17. The Morgan fingerprint density at radius 2 is 2.30 bits per heavy atom. The Morgan fingerprint density at radius 3 is 2.60 bits per heavy atom. The van der Waals surface area contributed by atoms with Crippen LogP contribution in [0.3, 0.4) is 0 Å². The smallest absolute Gasteiger partial charge is 0.336 e. The molecule has 10 heavy (non-hydrogen) atoms. The number of esters is 1. The number of ether oxygens (including phenoxy) is 1. The van der Waals surface area contributed by atoms with Crippen molar-refractivity contribution in [1.82, 2.24) is 0 Å². The standard InChI is InChI=1S/C7H12O3/c1-3-6(5-8)7(9)10-4-2/h3,8H,4-5H2,1-2H3/b6-3+. The molecule has 0 amide bonds. The zero-order valence-electron chi connectivity index (χ0n) is 6.26. The van der Waals surface area contributed by atoms with E-state index in [4.69, 9.17) is 5.11 Å². The van der Waals surface area contributed by atoms with Crippen molar-refractivity contribution in [3.63, 3.8) is 0 Å². The molecule has 0 unspecified atom stereocenters. The fourth-order valence-corrected chi connectivity index (χ4v) is 0.497. The maximum absolute atomic E-state index is 10.8. The summed E-state index contributed by atoms with van der Waals surface area (Å²) in [5.41, 5.74) is 0.307. The van der Waals surface area contributed by atoms with Gasteiger partial charge in [0.05, 0.1) is 18.8 Å². The van der Waals surface area contributed by atoms with Crippen LogP contribution in [0.15, 0.2) is 11.6 Å². The highest BCUT2D eigenvalue weighted by Crippen LogP contribution is 1.95. The van der Waals surface area contributed by atoms with Crippen LogP contribution in [-0.4, -0.2) is 24.3 Å². The van der Waals surface area contributed by atoms with E-state index < -0.39 is 5.97 Å². The fraction of sp³-hybridized carbons (Fsp3) is 0.571. The van der Waals surface area contributed by atoms with Gasteiger partial charge in [-0.05, 0) is 13.8 Å². The Hall–Kier alpha value is -0.830. The summed E-state index contributed by atoms with van der Waals surface area (Å²) in [5, 5.41) is 8.55. The third-order valence-electron chi connectivity index (χ3n) is 1.06. The van der Waals surface area contributed by atoms with Crippen LogP contribution in [0, 0.1) is 0 Å². The molecule has 0 aromatic heterocycles. The third-order valence-corrected chi connectivity index (χ3v) is 1.06. The van der Waals surface area contributed by atoms with Crippen LogP contribution in [0.1, 0.15) is 13.8 Å². The molecule has 0 aliphatic carbocycles. The van der Waals surface area contributed by atoms with Crippen LogP contribution in [-0.2, 0) is 9.53 Å². The van der Waals surface area contributed by atoms with Gasteiger partial charge in [-0.25, -0.2) is 4.79 Å². The van der Waals surface area contributed by atoms with Crippen molar-refractivity contribution in [2.45, 2.75) is 13.8 Å². The van der Waals surface area contributed by atoms with Gasteiger partial charge in [-0.15, -0.1) is 0 Å². The van der Waals surface area contributed by atoms with Crippen LogP contribution < -0.4 is 0 Å². The highest BCUT2D eigenvalue weighted by molar-refractivity contribution is 5.88. The lowest BCUT2D eigenvalue weighted by atomic mass is 10.3. The normalized spacial score (nSPS) is 11.3. The van der Waals surface area contributed by atoms with E-state index in [-0.39, 0.29) is 6.61 Å². The van der Waals surface area contributed by atoms with Crippen molar-refractivity contribution in [3.8, 4) is 0 Å². The number of aliphatic hydroxyl groups excluding tert-OH is 1. The van der Waals surface area contributed by atoms with Crippen molar-refractivity contribution < 1.29 is 14.6 Å². The number of hydrogen-bond acceptors (Lipinski definition) is 3. The number of allylic oxidation sites excluding steroid dienone is 1. The Labute approximate surface area is 60.3 Å². The summed E-state index contributed by atoms with van der Waals surface area (Å²) >= 11 is 0. The molecular weight excluding hydrogens is 132 g/mol. The highest BCUT2D eigenvalue weighted by atomic mass is 16.5. The molecule has 0 atom stereocenters. The van der Waals surface area contributed by atoms with Crippen molar-refractivity contribution in [3.05, 3.63) is 11.6 Å². The van der Waals surface area contributed by atoms with Crippen LogP contribution >= 0.6 is 0 Å². The van der Waals surface area contributed by atoms with E-state index in [1.807, 2.05) is 0 Å². The lowest BCUT2D eigenvalue weighted by Gasteiger charge is -2.01. The quantitative estimate of drug-likeness (QED) is 0.463. The minimum atomic E-state index is -0.437. The van der Waals surface area contributed by atoms with E-state index in [2.05, 4.69) is 4.74 Å². The zero-order chi connectivity index (χ0) is 7.98. The molecule has 0 aromatic carbocycles. The van der Waals surface area contributed by atoms with Crippen molar-refractivity contribution in [2.75, 3.05) is 13.2 Å². The molecule has 0 heterocycles. The summed E-state index contributed by atoms with van der Waals surface area (Å²) < 4.78 is 4.62. The minimum Gasteiger partial charge on any atom is -0.463 e. The number of carbonyl (C=O) groups is 1. The van der Waals surface area contributed by atoms with Gasteiger partial charge in [-0.3, -0.25) is 0 Å². The topological polar surface area (TPSA) is 46.5 Å². The van der Waals surface area contributed by atoms with E-state index in [0.717, 1.165) is 0 Å². The molecule has 0 bridgehead atoms. The van der Waals surface area contributed by atoms with E-state index >= 15 is 0 Å². The molecule has 0 radical (unpaired) electrons. The van der Waals surface area contributed by atoms with E-state index in [0.29, 0.717) is 12.2 Å². The van der Waals surface area contributed by atoms with Gasteiger partial charge in [0.25, 0.3) is 0 Å². The second kappa shape index (κ2) is 4.99. The van der Waals surface area contributed by atoms with E-state index in [9.17, 15) is 4.79 Å². The Morgan fingerprint density at radius 1 is 1.70 bits per heavy atom. The fourth-order valence-electron chi connectivity index (χ4n) is 0.497.